The van der Waals surface area contributed by atoms with Crippen molar-refractivity contribution in [3.05, 3.63) is 59.7 Å². The Morgan fingerprint density at radius 2 is 0.920 bits per heavy atom. The van der Waals surface area contributed by atoms with Crippen molar-refractivity contribution in [1.29, 1.82) is 0 Å². The van der Waals surface area contributed by atoms with Gasteiger partial charge in [-0.3, -0.25) is 0 Å². The normalized spacial score (nSPS) is 11.8. The van der Waals surface area contributed by atoms with Crippen LogP contribution < -0.4 is 9.05 Å². The molecule has 0 atom stereocenters. The van der Waals surface area contributed by atoms with Gasteiger partial charge in [0.25, 0.3) is 0 Å². The van der Waals surface area contributed by atoms with Gasteiger partial charge < -0.3 is 9.05 Å². The van der Waals surface area contributed by atoms with Crippen molar-refractivity contribution in [3.8, 4) is 11.5 Å². The average molecular weight is 370 g/mol. The van der Waals surface area contributed by atoms with Crippen molar-refractivity contribution in [2.75, 3.05) is 0 Å². The average Bonchev–Trinajstić information content (AvgIpc) is 2.46. The molecule has 0 amide bonds. The van der Waals surface area contributed by atoms with Crippen molar-refractivity contribution in [2.45, 2.75) is 52.4 Å². The first-order valence-electron chi connectivity index (χ1n) is 8.16. The van der Waals surface area contributed by atoms with Crippen LogP contribution in [0.2, 0.25) is 0 Å². The Balaban J connectivity index is 0.00000312. The summed E-state index contributed by atoms with van der Waals surface area (Å²) in [6, 6.07) is 15.3. The summed E-state index contributed by atoms with van der Waals surface area (Å²) in [6.45, 7) is 12.9. The van der Waals surface area contributed by atoms with Gasteiger partial charge in [-0.25, -0.2) is 4.57 Å². The van der Waals surface area contributed by atoms with Crippen LogP contribution in [0, 0.1) is 0 Å². The molecule has 25 heavy (non-hydrogen) atoms. The zero-order valence-corrected chi connectivity index (χ0v) is 16.3. The Morgan fingerprint density at radius 3 is 1.16 bits per heavy atom. The monoisotopic (exact) mass is 370 g/mol. The summed E-state index contributed by atoms with van der Waals surface area (Å²) in [4.78, 5) is 0. The molecule has 0 fully saturated rings. The van der Waals surface area contributed by atoms with Crippen molar-refractivity contribution >= 4 is 37.8 Å². The van der Waals surface area contributed by atoms with Crippen LogP contribution in [0.15, 0.2) is 48.5 Å². The van der Waals surface area contributed by atoms with E-state index in [2.05, 4.69) is 41.5 Å². The van der Waals surface area contributed by atoms with Gasteiger partial charge in [0, 0.05) is 0 Å². The molecule has 3 nitrogen and oxygen atoms in total. The molecule has 5 heteroatoms. The van der Waals surface area contributed by atoms with Gasteiger partial charge in [-0.2, -0.15) is 0 Å². The van der Waals surface area contributed by atoms with Crippen LogP contribution in [0.3, 0.4) is 0 Å². The van der Waals surface area contributed by atoms with Gasteiger partial charge in [-0.05, 0) is 46.2 Å². The van der Waals surface area contributed by atoms with Gasteiger partial charge in [0.2, 0.25) is 0 Å². The summed E-state index contributed by atoms with van der Waals surface area (Å²) in [5.41, 5.74) is 2.56. The first-order valence-corrected chi connectivity index (χ1v) is 9.39. The van der Waals surface area contributed by atoms with E-state index in [0.717, 1.165) is 0 Å². The van der Waals surface area contributed by atoms with Crippen molar-refractivity contribution < 1.29 is 13.6 Å². The SMILES string of the molecule is CC(C)(C)c1ccc(O[PH](=O)Oc2ccc(C(C)(C)C)cc2)cc1.[NaH]. The quantitative estimate of drug-likeness (QED) is 0.528. The van der Waals surface area contributed by atoms with Crippen molar-refractivity contribution in [1.82, 2.24) is 0 Å². The Labute approximate surface area is 174 Å². The van der Waals surface area contributed by atoms with Crippen LogP contribution in [-0.4, -0.2) is 29.6 Å². The molecule has 0 aromatic heterocycles. The van der Waals surface area contributed by atoms with E-state index >= 15 is 0 Å². The number of benzene rings is 2. The van der Waals surface area contributed by atoms with Crippen LogP contribution in [-0.2, 0) is 15.4 Å². The fourth-order valence-electron chi connectivity index (χ4n) is 2.26. The van der Waals surface area contributed by atoms with Crippen LogP contribution in [0.4, 0.5) is 0 Å². The van der Waals surface area contributed by atoms with Gasteiger partial charge in [0.05, 0.1) is 0 Å². The molecule has 132 valence electrons. The standard InChI is InChI=1S/C20H27O3P.Na.H/c1-19(2,3)15-7-11-17(12-8-15)22-24(21)23-18-13-9-16(10-14-18)20(4,5)6;;/h7-14,24H,1-6H3;;. The summed E-state index contributed by atoms with van der Waals surface area (Å²) < 4.78 is 22.9. The molecular formula is C20H28NaO3P. The Bertz CT molecular complexity index is 634. The van der Waals surface area contributed by atoms with Gasteiger partial charge in [-0.15, -0.1) is 0 Å². The molecule has 2 rings (SSSR count). The van der Waals surface area contributed by atoms with Crippen molar-refractivity contribution in [3.63, 3.8) is 0 Å². The second-order valence-electron chi connectivity index (χ2n) is 8.00. The molecule has 0 aliphatic heterocycles. The molecule has 0 spiro atoms. The third kappa shape index (κ3) is 6.83. The molecule has 0 aliphatic carbocycles. The molecule has 2 aromatic carbocycles. The van der Waals surface area contributed by atoms with E-state index in [0.29, 0.717) is 11.5 Å². The second kappa shape index (κ2) is 8.77. The van der Waals surface area contributed by atoms with E-state index < -0.39 is 8.25 Å². The maximum absolute atomic E-state index is 12.1. The van der Waals surface area contributed by atoms with E-state index in [1.807, 2.05) is 48.5 Å². The molecule has 0 saturated carbocycles. The molecule has 0 heterocycles. The number of hydrogen-bond acceptors (Lipinski definition) is 3. The molecular weight excluding hydrogens is 342 g/mol. The third-order valence-corrected chi connectivity index (χ3v) is 4.65. The van der Waals surface area contributed by atoms with E-state index in [9.17, 15) is 4.57 Å². The van der Waals surface area contributed by atoms with Gasteiger partial charge in [0.15, 0.2) is 0 Å². The van der Waals surface area contributed by atoms with Gasteiger partial charge in [0.1, 0.15) is 11.5 Å². The van der Waals surface area contributed by atoms with Crippen molar-refractivity contribution in [2.24, 2.45) is 0 Å². The topological polar surface area (TPSA) is 35.5 Å². The zero-order valence-electron chi connectivity index (χ0n) is 15.3. The fourth-order valence-corrected chi connectivity index (χ4v) is 2.96. The summed E-state index contributed by atoms with van der Waals surface area (Å²) in [6.07, 6.45) is 0. The minimum atomic E-state index is -2.64. The van der Waals surface area contributed by atoms with E-state index in [4.69, 9.17) is 9.05 Å². The van der Waals surface area contributed by atoms with Gasteiger partial charge >= 0.3 is 37.8 Å². The summed E-state index contributed by atoms with van der Waals surface area (Å²) in [7, 11) is -2.64. The molecule has 0 N–H and O–H groups in total. The second-order valence-corrected chi connectivity index (χ2v) is 8.91. The van der Waals surface area contributed by atoms with Crippen LogP contribution in [0.5, 0.6) is 11.5 Å². The first-order chi connectivity index (χ1) is 11.1. The minimum absolute atomic E-state index is 0. The van der Waals surface area contributed by atoms with Crippen LogP contribution >= 0.6 is 8.25 Å². The maximum atomic E-state index is 12.1. The van der Waals surface area contributed by atoms with E-state index in [1.165, 1.54) is 11.1 Å². The van der Waals surface area contributed by atoms with Gasteiger partial charge in [-0.1, -0.05) is 65.8 Å². The molecule has 0 aliphatic rings. The molecule has 2 aromatic rings. The Kier molecular flexibility index (Phi) is 7.83. The molecule has 0 saturated heterocycles. The fraction of sp³-hybridized carbons (Fsp3) is 0.400. The Hall–Kier alpha value is -0.730. The first kappa shape index (κ1) is 22.3. The number of rotatable bonds is 4. The molecule has 0 unspecified atom stereocenters. The molecule has 0 radical (unpaired) electrons. The van der Waals surface area contributed by atoms with E-state index in [-0.39, 0.29) is 40.4 Å². The van der Waals surface area contributed by atoms with E-state index in [1.54, 1.807) is 0 Å². The predicted octanol–water partition coefficient (Wildman–Crippen LogP) is 5.48. The summed E-state index contributed by atoms with van der Waals surface area (Å²) >= 11 is 0. The van der Waals surface area contributed by atoms with Crippen LogP contribution in [0.1, 0.15) is 52.7 Å². The Morgan fingerprint density at radius 1 is 0.640 bits per heavy atom. The summed E-state index contributed by atoms with van der Waals surface area (Å²) in [5.74, 6) is 1.11. The molecule has 0 bridgehead atoms. The predicted molar refractivity (Wildman–Crippen MR) is 108 cm³/mol. The van der Waals surface area contributed by atoms with Crippen LogP contribution in [0.25, 0.3) is 0 Å². The third-order valence-electron chi connectivity index (χ3n) is 3.84. The number of hydrogen-bond donors (Lipinski definition) is 0. The zero-order chi connectivity index (χ0) is 18.0. The summed E-state index contributed by atoms with van der Waals surface area (Å²) in [5, 5.41) is 0.